The standard InChI is InChI=1S/C22H18BrNO2/c1-14-9-10-17(11-15(14)2)21(25)16-5-4-8-20(13-16)24-22(26)18-6-3-7-19(23)12-18/h3-13H,1-2H3,(H,24,26). The van der Waals surface area contributed by atoms with Crippen LogP contribution in [0.1, 0.15) is 37.4 Å². The fraction of sp³-hybridized carbons (Fsp3) is 0.0909. The number of carbonyl (C=O) groups is 2. The van der Waals surface area contributed by atoms with Gasteiger partial charge in [-0.15, -0.1) is 0 Å². The number of nitrogens with one attached hydrogen (secondary N) is 1. The molecule has 0 aromatic heterocycles. The van der Waals surface area contributed by atoms with Crippen molar-refractivity contribution < 1.29 is 9.59 Å². The van der Waals surface area contributed by atoms with Gasteiger partial charge in [-0.25, -0.2) is 0 Å². The lowest BCUT2D eigenvalue weighted by molar-refractivity contribution is 0.102. The van der Waals surface area contributed by atoms with Gasteiger partial charge in [0.1, 0.15) is 0 Å². The minimum atomic E-state index is -0.220. The predicted octanol–water partition coefficient (Wildman–Crippen LogP) is 5.55. The number of rotatable bonds is 4. The summed E-state index contributed by atoms with van der Waals surface area (Å²) in [5, 5.41) is 2.84. The van der Waals surface area contributed by atoms with Gasteiger partial charge in [0.15, 0.2) is 5.78 Å². The molecule has 3 rings (SSSR count). The molecule has 130 valence electrons. The molecule has 3 aromatic carbocycles. The van der Waals surface area contributed by atoms with Gasteiger partial charge in [-0.05, 0) is 61.4 Å². The summed E-state index contributed by atoms with van der Waals surface area (Å²) in [4.78, 5) is 25.1. The molecule has 0 aliphatic heterocycles. The van der Waals surface area contributed by atoms with Gasteiger partial charge in [-0.3, -0.25) is 9.59 Å². The highest BCUT2D eigenvalue weighted by Crippen LogP contribution is 2.19. The first-order valence-electron chi connectivity index (χ1n) is 8.23. The van der Waals surface area contributed by atoms with Gasteiger partial charge in [-0.2, -0.15) is 0 Å². The van der Waals surface area contributed by atoms with E-state index in [1.807, 2.05) is 38.1 Å². The van der Waals surface area contributed by atoms with Crippen LogP contribution in [0.5, 0.6) is 0 Å². The number of hydrogen-bond donors (Lipinski definition) is 1. The third kappa shape index (κ3) is 4.09. The summed E-state index contributed by atoms with van der Waals surface area (Å²) < 4.78 is 0.837. The van der Waals surface area contributed by atoms with E-state index in [1.165, 1.54) is 0 Å². The molecule has 0 heterocycles. The Bertz CT molecular complexity index is 995. The van der Waals surface area contributed by atoms with E-state index in [9.17, 15) is 9.59 Å². The van der Waals surface area contributed by atoms with Crippen molar-refractivity contribution in [2.24, 2.45) is 0 Å². The summed E-state index contributed by atoms with van der Waals surface area (Å²) in [5.74, 6) is -0.284. The van der Waals surface area contributed by atoms with Gasteiger partial charge in [0, 0.05) is 26.9 Å². The van der Waals surface area contributed by atoms with Crippen LogP contribution in [0, 0.1) is 13.8 Å². The third-order valence-electron chi connectivity index (χ3n) is 4.24. The third-order valence-corrected chi connectivity index (χ3v) is 4.73. The number of hydrogen-bond acceptors (Lipinski definition) is 2. The minimum absolute atomic E-state index is 0.0633. The zero-order valence-corrected chi connectivity index (χ0v) is 16.1. The molecule has 0 fully saturated rings. The number of halogens is 1. The van der Waals surface area contributed by atoms with E-state index in [-0.39, 0.29) is 11.7 Å². The molecule has 3 nitrogen and oxygen atoms in total. The number of carbonyl (C=O) groups excluding carboxylic acids is 2. The second-order valence-corrected chi connectivity index (χ2v) is 7.09. The molecule has 0 radical (unpaired) electrons. The molecule has 1 N–H and O–H groups in total. The van der Waals surface area contributed by atoms with Crippen molar-refractivity contribution in [2.75, 3.05) is 5.32 Å². The van der Waals surface area contributed by atoms with Gasteiger partial charge >= 0.3 is 0 Å². The molecule has 0 atom stereocenters. The highest BCUT2D eigenvalue weighted by Gasteiger charge is 2.12. The Hall–Kier alpha value is -2.72. The van der Waals surface area contributed by atoms with Crippen molar-refractivity contribution in [2.45, 2.75) is 13.8 Å². The summed E-state index contributed by atoms with van der Waals surface area (Å²) in [6, 6.07) is 19.8. The zero-order chi connectivity index (χ0) is 18.7. The van der Waals surface area contributed by atoms with Gasteiger partial charge in [0.2, 0.25) is 0 Å². The van der Waals surface area contributed by atoms with E-state index in [0.717, 1.165) is 15.6 Å². The Balaban J connectivity index is 1.82. The van der Waals surface area contributed by atoms with Crippen molar-refractivity contribution in [3.8, 4) is 0 Å². The highest BCUT2D eigenvalue weighted by molar-refractivity contribution is 9.10. The molecule has 3 aromatic rings. The van der Waals surface area contributed by atoms with Gasteiger partial charge < -0.3 is 5.32 Å². The fourth-order valence-electron chi connectivity index (χ4n) is 2.62. The number of ketones is 1. The molecular weight excluding hydrogens is 390 g/mol. The van der Waals surface area contributed by atoms with E-state index in [4.69, 9.17) is 0 Å². The molecule has 0 bridgehead atoms. The van der Waals surface area contributed by atoms with Crippen LogP contribution in [0.15, 0.2) is 71.2 Å². The lowest BCUT2D eigenvalue weighted by Gasteiger charge is -2.09. The van der Waals surface area contributed by atoms with Crippen LogP contribution in [-0.4, -0.2) is 11.7 Å². The summed E-state index contributed by atoms with van der Waals surface area (Å²) in [6.07, 6.45) is 0. The Morgan fingerprint density at radius 1 is 0.769 bits per heavy atom. The lowest BCUT2D eigenvalue weighted by Crippen LogP contribution is -2.12. The van der Waals surface area contributed by atoms with Crippen molar-refractivity contribution in [1.82, 2.24) is 0 Å². The molecule has 4 heteroatoms. The predicted molar refractivity (Wildman–Crippen MR) is 108 cm³/mol. The maximum Gasteiger partial charge on any atom is 0.255 e. The smallest absolute Gasteiger partial charge is 0.255 e. The van der Waals surface area contributed by atoms with E-state index in [2.05, 4.69) is 21.2 Å². The van der Waals surface area contributed by atoms with Crippen LogP contribution in [0.25, 0.3) is 0 Å². The van der Waals surface area contributed by atoms with Gasteiger partial charge in [0.05, 0.1) is 0 Å². The monoisotopic (exact) mass is 407 g/mol. The van der Waals surface area contributed by atoms with Crippen LogP contribution in [-0.2, 0) is 0 Å². The zero-order valence-electron chi connectivity index (χ0n) is 14.5. The number of amides is 1. The first-order valence-corrected chi connectivity index (χ1v) is 9.02. The molecule has 0 unspecified atom stereocenters. The van der Waals surface area contributed by atoms with Crippen LogP contribution in [0.2, 0.25) is 0 Å². The maximum absolute atomic E-state index is 12.7. The first kappa shape index (κ1) is 18.1. The highest BCUT2D eigenvalue weighted by atomic mass is 79.9. The van der Waals surface area contributed by atoms with Gasteiger partial charge in [0.25, 0.3) is 5.91 Å². The first-order chi connectivity index (χ1) is 12.4. The Kier molecular flexibility index (Phi) is 5.33. The SMILES string of the molecule is Cc1ccc(C(=O)c2cccc(NC(=O)c3cccc(Br)c3)c2)cc1C. The summed E-state index contributed by atoms with van der Waals surface area (Å²) in [5.41, 5.74) is 4.55. The second-order valence-electron chi connectivity index (χ2n) is 6.17. The summed E-state index contributed by atoms with van der Waals surface area (Å²) in [7, 11) is 0. The van der Waals surface area contributed by atoms with Gasteiger partial charge in [-0.1, -0.05) is 46.3 Å². The lowest BCUT2D eigenvalue weighted by atomic mass is 9.99. The normalized spacial score (nSPS) is 10.4. The Morgan fingerprint density at radius 2 is 1.46 bits per heavy atom. The molecule has 0 saturated heterocycles. The number of anilines is 1. The molecule has 0 aliphatic carbocycles. The number of aryl methyl sites for hydroxylation is 2. The molecule has 0 spiro atoms. The van der Waals surface area contributed by atoms with Crippen molar-refractivity contribution in [3.05, 3.63) is 99.0 Å². The molecule has 0 saturated carbocycles. The van der Waals surface area contributed by atoms with E-state index < -0.39 is 0 Å². The minimum Gasteiger partial charge on any atom is -0.322 e. The topological polar surface area (TPSA) is 46.2 Å². The molecule has 26 heavy (non-hydrogen) atoms. The Morgan fingerprint density at radius 3 is 2.19 bits per heavy atom. The maximum atomic E-state index is 12.7. The van der Waals surface area contributed by atoms with E-state index >= 15 is 0 Å². The molecular formula is C22H18BrNO2. The molecule has 1 amide bonds. The van der Waals surface area contributed by atoms with Crippen LogP contribution >= 0.6 is 15.9 Å². The van der Waals surface area contributed by atoms with Crippen LogP contribution < -0.4 is 5.32 Å². The van der Waals surface area contributed by atoms with Crippen molar-refractivity contribution >= 4 is 33.3 Å². The fourth-order valence-corrected chi connectivity index (χ4v) is 3.02. The van der Waals surface area contributed by atoms with Crippen molar-refractivity contribution in [3.63, 3.8) is 0 Å². The largest absolute Gasteiger partial charge is 0.322 e. The quantitative estimate of drug-likeness (QED) is 0.576. The van der Waals surface area contributed by atoms with Crippen molar-refractivity contribution in [1.29, 1.82) is 0 Å². The summed E-state index contributed by atoms with van der Waals surface area (Å²) in [6.45, 7) is 4.00. The average Bonchev–Trinajstić information content (AvgIpc) is 2.63. The molecule has 0 aliphatic rings. The van der Waals surface area contributed by atoms with E-state index in [0.29, 0.717) is 22.4 Å². The second kappa shape index (κ2) is 7.67. The summed E-state index contributed by atoms with van der Waals surface area (Å²) >= 11 is 3.36. The number of benzene rings is 3. The van der Waals surface area contributed by atoms with E-state index in [1.54, 1.807) is 42.5 Å². The average molecular weight is 408 g/mol. The Labute approximate surface area is 161 Å². The van der Waals surface area contributed by atoms with Crippen LogP contribution in [0.4, 0.5) is 5.69 Å². The van der Waals surface area contributed by atoms with Crippen LogP contribution in [0.3, 0.4) is 0 Å².